The van der Waals surface area contributed by atoms with Crippen LogP contribution in [0.15, 0.2) is 53.9 Å². The van der Waals surface area contributed by atoms with Crippen LogP contribution in [0, 0.1) is 0 Å². The molecule has 1 atom stereocenters. The van der Waals surface area contributed by atoms with Crippen molar-refractivity contribution in [2.24, 2.45) is 5.10 Å². The molecule has 5 nitrogen and oxygen atoms in total. The summed E-state index contributed by atoms with van der Waals surface area (Å²) in [6, 6.07) is 9.91. The zero-order valence-corrected chi connectivity index (χ0v) is 13.4. The standard InChI is InChI=1S/C17H16ClN3O2/c1-2-15-11-17(23,13-7-9-19-10-8-13)21(20-15)16(22)12-3-5-14(18)6-4-12/h3-10,23H,2,11H2,1H3. The Morgan fingerprint density at radius 3 is 2.52 bits per heavy atom. The molecule has 3 rings (SSSR count). The van der Waals surface area contributed by atoms with Crippen LogP contribution < -0.4 is 0 Å². The van der Waals surface area contributed by atoms with Crippen LogP contribution in [0.4, 0.5) is 0 Å². The third kappa shape index (κ3) is 2.85. The first-order chi connectivity index (χ1) is 11.0. The van der Waals surface area contributed by atoms with Gasteiger partial charge in [-0.05, 0) is 42.8 Å². The molecule has 1 aliphatic rings. The molecular weight excluding hydrogens is 314 g/mol. The highest BCUT2D eigenvalue weighted by Gasteiger charge is 2.45. The summed E-state index contributed by atoms with van der Waals surface area (Å²) in [6.07, 6.45) is 4.12. The van der Waals surface area contributed by atoms with E-state index in [2.05, 4.69) is 10.1 Å². The van der Waals surface area contributed by atoms with Gasteiger partial charge in [0.2, 0.25) is 0 Å². The molecule has 0 spiro atoms. The molecular formula is C17H16ClN3O2. The van der Waals surface area contributed by atoms with Crippen LogP contribution in [0.1, 0.15) is 35.7 Å². The highest BCUT2D eigenvalue weighted by atomic mass is 35.5. The Morgan fingerprint density at radius 2 is 1.91 bits per heavy atom. The first kappa shape index (κ1) is 15.6. The fraction of sp³-hybridized carbons (Fsp3) is 0.235. The van der Waals surface area contributed by atoms with Gasteiger partial charge in [0.1, 0.15) is 0 Å². The van der Waals surface area contributed by atoms with Gasteiger partial charge in [-0.1, -0.05) is 18.5 Å². The molecule has 2 aromatic rings. The van der Waals surface area contributed by atoms with Crippen molar-refractivity contribution in [3.8, 4) is 0 Å². The van der Waals surface area contributed by atoms with Crippen molar-refractivity contribution < 1.29 is 9.90 Å². The second-order valence-corrected chi connectivity index (χ2v) is 5.81. The lowest BCUT2D eigenvalue weighted by molar-refractivity contribution is -0.0766. The van der Waals surface area contributed by atoms with Gasteiger partial charge in [-0.25, -0.2) is 0 Å². The molecule has 0 aliphatic carbocycles. The highest BCUT2D eigenvalue weighted by Crippen LogP contribution is 2.36. The van der Waals surface area contributed by atoms with E-state index in [-0.39, 0.29) is 12.3 Å². The number of nitrogens with zero attached hydrogens (tertiary/aromatic N) is 3. The van der Waals surface area contributed by atoms with Crippen molar-refractivity contribution in [2.45, 2.75) is 25.5 Å². The molecule has 23 heavy (non-hydrogen) atoms. The van der Waals surface area contributed by atoms with E-state index in [0.29, 0.717) is 22.6 Å². The summed E-state index contributed by atoms with van der Waals surface area (Å²) in [5.74, 6) is -0.371. The maximum Gasteiger partial charge on any atom is 0.276 e. The van der Waals surface area contributed by atoms with Crippen molar-refractivity contribution in [1.82, 2.24) is 9.99 Å². The van der Waals surface area contributed by atoms with Gasteiger partial charge in [0.25, 0.3) is 5.91 Å². The molecule has 1 N–H and O–H groups in total. The second-order valence-electron chi connectivity index (χ2n) is 5.37. The number of aromatic nitrogens is 1. The van der Waals surface area contributed by atoms with Gasteiger partial charge in [-0.15, -0.1) is 0 Å². The third-order valence-corrected chi connectivity index (χ3v) is 4.13. The number of halogens is 1. The average molecular weight is 330 g/mol. The predicted molar refractivity (Wildman–Crippen MR) is 88.1 cm³/mol. The number of hydrogen-bond donors (Lipinski definition) is 1. The molecule has 1 unspecified atom stereocenters. The zero-order chi connectivity index (χ0) is 16.4. The smallest absolute Gasteiger partial charge is 0.276 e. The number of aliphatic hydroxyl groups is 1. The Labute approximate surface area is 139 Å². The Bertz CT molecular complexity index is 746. The lowest BCUT2D eigenvalue weighted by Gasteiger charge is -2.31. The van der Waals surface area contributed by atoms with Gasteiger partial charge in [-0.2, -0.15) is 10.1 Å². The largest absolute Gasteiger partial charge is 0.365 e. The Hall–Kier alpha value is -2.24. The van der Waals surface area contributed by atoms with Gasteiger partial charge in [-0.3, -0.25) is 9.78 Å². The lowest BCUT2D eigenvalue weighted by Crippen LogP contribution is -2.43. The zero-order valence-electron chi connectivity index (χ0n) is 12.6. The Morgan fingerprint density at radius 1 is 1.26 bits per heavy atom. The van der Waals surface area contributed by atoms with Crippen molar-refractivity contribution in [3.05, 3.63) is 64.9 Å². The van der Waals surface area contributed by atoms with Crippen LogP contribution in [0.3, 0.4) is 0 Å². The van der Waals surface area contributed by atoms with E-state index in [1.165, 1.54) is 0 Å². The van der Waals surface area contributed by atoms with E-state index < -0.39 is 5.72 Å². The van der Waals surface area contributed by atoms with Gasteiger partial charge < -0.3 is 5.11 Å². The number of amides is 1. The summed E-state index contributed by atoms with van der Waals surface area (Å²) in [4.78, 5) is 16.8. The van der Waals surface area contributed by atoms with Crippen LogP contribution in [0.2, 0.25) is 5.02 Å². The molecule has 118 valence electrons. The molecule has 6 heteroatoms. The second kappa shape index (κ2) is 6.10. The molecule has 2 heterocycles. The minimum Gasteiger partial charge on any atom is -0.365 e. The number of hydrazone groups is 1. The average Bonchev–Trinajstić information content (AvgIpc) is 2.94. The fourth-order valence-corrected chi connectivity index (χ4v) is 2.71. The van der Waals surface area contributed by atoms with E-state index in [1.54, 1.807) is 48.8 Å². The first-order valence-corrected chi connectivity index (χ1v) is 7.72. The summed E-state index contributed by atoms with van der Waals surface area (Å²) in [5.41, 5.74) is 0.280. The topological polar surface area (TPSA) is 65.8 Å². The quantitative estimate of drug-likeness (QED) is 0.940. The van der Waals surface area contributed by atoms with Crippen LogP contribution in [0.25, 0.3) is 0 Å². The van der Waals surface area contributed by atoms with Crippen molar-refractivity contribution >= 4 is 23.2 Å². The van der Waals surface area contributed by atoms with E-state index in [1.807, 2.05) is 6.92 Å². The number of hydrogen-bond acceptors (Lipinski definition) is 4. The molecule has 0 bridgehead atoms. The Kier molecular flexibility index (Phi) is 4.15. The molecule has 0 saturated carbocycles. The van der Waals surface area contributed by atoms with Gasteiger partial charge >= 0.3 is 0 Å². The molecule has 1 amide bonds. The Balaban J connectivity index is 2.01. The lowest BCUT2D eigenvalue weighted by atomic mass is 9.97. The number of carbonyl (C=O) groups excluding carboxylic acids is 1. The number of pyridine rings is 1. The van der Waals surface area contributed by atoms with Gasteiger partial charge in [0.15, 0.2) is 5.72 Å². The molecule has 1 aliphatic heterocycles. The van der Waals surface area contributed by atoms with E-state index in [0.717, 1.165) is 10.7 Å². The molecule has 1 aromatic carbocycles. The normalized spacial score (nSPS) is 20.5. The number of rotatable bonds is 3. The van der Waals surface area contributed by atoms with Crippen molar-refractivity contribution in [1.29, 1.82) is 0 Å². The monoisotopic (exact) mass is 329 g/mol. The van der Waals surface area contributed by atoms with Crippen molar-refractivity contribution in [2.75, 3.05) is 0 Å². The number of benzene rings is 1. The number of carbonyl (C=O) groups is 1. The van der Waals surface area contributed by atoms with E-state index >= 15 is 0 Å². The first-order valence-electron chi connectivity index (χ1n) is 7.34. The summed E-state index contributed by atoms with van der Waals surface area (Å²) in [6.45, 7) is 1.95. The molecule has 0 fully saturated rings. The van der Waals surface area contributed by atoms with E-state index in [9.17, 15) is 9.90 Å². The van der Waals surface area contributed by atoms with Crippen LogP contribution in [-0.4, -0.2) is 26.7 Å². The summed E-state index contributed by atoms with van der Waals surface area (Å²) < 4.78 is 0. The molecule has 1 aromatic heterocycles. The summed E-state index contributed by atoms with van der Waals surface area (Å²) in [7, 11) is 0. The van der Waals surface area contributed by atoms with Crippen LogP contribution in [0.5, 0.6) is 0 Å². The minimum atomic E-state index is -1.50. The van der Waals surface area contributed by atoms with Crippen molar-refractivity contribution in [3.63, 3.8) is 0 Å². The maximum absolute atomic E-state index is 12.8. The fourth-order valence-electron chi connectivity index (χ4n) is 2.59. The third-order valence-electron chi connectivity index (χ3n) is 3.88. The predicted octanol–water partition coefficient (Wildman–Crippen LogP) is 3.19. The summed E-state index contributed by atoms with van der Waals surface area (Å²) >= 11 is 5.86. The van der Waals surface area contributed by atoms with Crippen LogP contribution >= 0.6 is 11.6 Å². The van der Waals surface area contributed by atoms with Crippen LogP contribution in [-0.2, 0) is 5.72 Å². The SMILES string of the molecule is CCC1=NN(C(=O)c2ccc(Cl)cc2)C(O)(c2ccncc2)C1. The van der Waals surface area contributed by atoms with Gasteiger partial charge in [0.05, 0.1) is 0 Å². The summed E-state index contributed by atoms with van der Waals surface area (Å²) in [5, 5.41) is 17.2. The highest BCUT2D eigenvalue weighted by molar-refractivity contribution is 6.30. The molecule has 0 radical (unpaired) electrons. The van der Waals surface area contributed by atoms with E-state index in [4.69, 9.17) is 11.6 Å². The molecule has 0 saturated heterocycles. The maximum atomic E-state index is 12.8. The minimum absolute atomic E-state index is 0.285. The van der Waals surface area contributed by atoms with Gasteiger partial charge in [0, 0.05) is 40.7 Å².